The monoisotopic (exact) mass is 424 g/mol. The van der Waals surface area contributed by atoms with Crippen LogP contribution >= 0.6 is 24.0 Å². The maximum atomic E-state index is 12.7. The topological polar surface area (TPSA) is 74.8 Å². The highest BCUT2D eigenvalue weighted by Crippen LogP contribution is 2.32. The summed E-state index contributed by atoms with van der Waals surface area (Å²) in [6.45, 7) is 2.04. The Morgan fingerprint density at radius 1 is 1.37 bits per heavy atom. The molecule has 2 aliphatic rings. The maximum Gasteiger partial charge on any atom is 0.266 e. The maximum absolute atomic E-state index is 12.7. The fourth-order valence-electron chi connectivity index (χ4n) is 3.22. The van der Waals surface area contributed by atoms with Crippen LogP contribution in [0.2, 0.25) is 0 Å². The number of carbonyl (C=O) groups is 2. The van der Waals surface area contributed by atoms with Gasteiger partial charge in [-0.3, -0.25) is 14.5 Å². The number of thioether (sulfide) groups is 1. The van der Waals surface area contributed by atoms with Gasteiger partial charge in [-0.1, -0.05) is 54.3 Å². The minimum absolute atomic E-state index is 0.0150. The van der Waals surface area contributed by atoms with Crippen LogP contribution in [0.3, 0.4) is 0 Å². The number of nitrogens with zero attached hydrogens (tertiary/aromatic N) is 2. The van der Waals surface area contributed by atoms with Crippen LogP contribution in [0.25, 0.3) is 6.08 Å². The quantitative estimate of drug-likeness (QED) is 0.531. The lowest BCUT2D eigenvalue weighted by molar-refractivity contribution is -0.136. The van der Waals surface area contributed by atoms with E-state index < -0.39 is 9.84 Å². The van der Waals surface area contributed by atoms with E-state index >= 15 is 0 Å². The van der Waals surface area contributed by atoms with Crippen LogP contribution in [0.1, 0.15) is 18.9 Å². The first-order chi connectivity index (χ1) is 12.8. The normalized spacial score (nSPS) is 23.2. The Labute approximate surface area is 168 Å². The van der Waals surface area contributed by atoms with Crippen LogP contribution in [0.15, 0.2) is 35.2 Å². The number of rotatable bonds is 5. The average molecular weight is 425 g/mol. The number of sulfone groups is 1. The molecule has 2 heterocycles. The molecular weight excluding hydrogens is 404 g/mol. The SMILES string of the molecule is CCN(C(=O)CN1C(=O)/C(=C\c2ccccc2)SC1=S)[C@H]1CCS(=O)(=O)C1. The number of amides is 2. The zero-order valence-electron chi connectivity index (χ0n) is 14.8. The van der Waals surface area contributed by atoms with Crippen LogP contribution < -0.4 is 0 Å². The van der Waals surface area contributed by atoms with Gasteiger partial charge in [0.2, 0.25) is 5.91 Å². The van der Waals surface area contributed by atoms with Gasteiger partial charge >= 0.3 is 0 Å². The van der Waals surface area contributed by atoms with Gasteiger partial charge in [0, 0.05) is 12.6 Å². The first kappa shape index (κ1) is 20.0. The Morgan fingerprint density at radius 2 is 2.07 bits per heavy atom. The molecule has 27 heavy (non-hydrogen) atoms. The van der Waals surface area contributed by atoms with Crippen molar-refractivity contribution in [3.05, 3.63) is 40.8 Å². The van der Waals surface area contributed by atoms with Crippen LogP contribution in [-0.4, -0.2) is 65.0 Å². The van der Waals surface area contributed by atoms with Crippen LogP contribution in [0.4, 0.5) is 0 Å². The number of hydrogen-bond donors (Lipinski definition) is 0. The Kier molecular flexibility index (Phi) is 6.02. The van der Waals surface area contributed by atoms with Crippen LogP contribution in [0, 0.1) is 0 Å². The van der Waals surface area contributed by atoms with Crippen molar-refractivity contribution in [3.63, 3.8) is 0 Å². The summed E-state index contributed by atoms with van der Waals surface area (Å²) in [7, 11) is -3.09. The minimum Gasteiger partial charge on any atom is -0.337 e. The second kappa shape index (κ2) is 8.12. The molecule has 3 rings (SSSR count). The number of likely N-dealkylation sites (N-methyl/N-ethyl adjacent to an activating group) is 1. The molecule has 144 valence electrons. The van der Waals surface area contributed by atoms with Gasteiger partial charge in [0.05, 0.1) is 16.4 Å². The molecule has 2 aliphatic heterocycles. The number of thiocarbonyl (C=S) groups is 1. The van der Waals surface area contributed by atoms with Gasteiger partial charge in [0.1, 0.15) is 10.9 Å². The van der Waals surface area contributed by atoms with Gasteiger partial charge in [-0.2, -0.15) is 0 Å². The summed E-state index contributed by atoms with van der Waals surface area (Å²) >= 11 is 6.46. The zero-order chi connectivity index (χ0) is 19.6. The first-order valence-corrected chi connectivity index (χ1v) is 11.7. The summed E-state index contributed by atoms with van der Waals surface area (Å²) in [6.07, 6.45) is 2.19. The summed E-state index contributed by atoms with van der Waals surface area (Å²) in [6, 6.07) is 9.10. The molecule has 0 spiro atoms. The second-order valence-corrected chi connectivity index (χ2v) is 10.3. The van der Waals surface area contributed by atoms with E-state index in [-0.39, 0.29) is 35.9 Å². The van der Waals surface area contributed by atoms with Crippen molar-refractivity contribution in [1.82, 2.24) is 9.80 Å². The highest BCUT2D eigenvalue weighted by Gasteiger charge is 2.38. The fraction of sp³-hybridized carbons (Fsp3) is 0.389. The third kappa shape index (κ3) is 4.59. The third-order valence-corrected chi connectivity index (χ3v) is 7.70. The number of carbonyl (C=O) groups excluding carboxylic acids is 2. The molecule has 0 saturated carbocycles. The molecule has 2 amide bonds. The highest BCUT2D eigenvalue weighted by atomic mass is 32.2. The van der Waals surface area contributed by atoms with Gasteiger partial charge < -0.3 is 4.90 Å². The van der Waals surface area contributed by atoms with Gasteiger partial charge in [0.15, 0.2) is 9.84 Å². The van der Waals surface area contributed by atoms with Crippen molar-refractivity contribution in [2.75, 3.05) is 24.6 Å². The summed E-state index contributed by atoms with van der Waals surface area (Å²) in [5.41, 5.74) is 0.885. The summed E-state index contributed by atoms with van der Waals surface area (Å²) in [5.74, 6) is -0.490. The second-order valence-electron chi connectivity index (χ2n) is 6.42. The van der Waals surface area contributed by atoms with Crippen molar-refractivity contribution in [2.45, 2.75) is 19.4 Å². The van der Waals surface area contributed by atoms with Crippen molar-refractivity contribution >= 4 is 56.0 Å². The van der Waals surface area contributed by atoms with E-state index in [2.05, 4.69) is 0 Å². The van der Waals surface area contributed by atoms with E-state index in [1.165, 1.54) is 16.7 Å². The van der Waals surface area contributed by atoms with E-state index in [1.807, 2.05) is 37.3 Å². The molecular formula is C18H20N2O4S3. The molecule has 0 aliphatic carbocycles. The number of hydrogen-bond acceptors (Lipinski definition) is 6. The molecule has 0 radical (unpaired) electrons. The van der Waals surface area contributed by atoms with Crippen molar-refractivity contribution in [2.24, 2.45) is 0 Å². The van der Waals surface area contributed by atoms with Gasteiger partial charge in [-0.25, -0.2) is 8.42 Å². The van der Waals surface area contributed by atoms with Crippen molar-refractivity contribution in [3.8, 4) is 0 Å². The molecule has 9 heteroatoms. The molecule has 0 unspecified atom stereocenters. The molecule has 1 aromatic rings. The summed E-state index contributed by atoms with van der Waals surface area (Å²) in [4.78, 5) is 28.7. The first-order valence-electron chi connectivity index (χ1n) is 8.61. The Bertz CT molecular complexity index is 896. The highest BCUT2D eigenvalue weighted by molar-refractivity contribution is 8.26. The minimum atomic E-state index is -3.09. The Morgan fingerprint density at radius 3 is 2.67 bits per heavy atom. The van der Waals surface area contributed by atoms with E-state index in [0.29, 0.717) is 22.2 Å². The van der Waals surface area contributed by atoms with Gasteiger partial charge in [0.25, 0.3) is 5.91 Å². The van der Waals surface area contributed by atoms with E-state index in [1.54, 1.807) is 11.0 Å². The van der Waals surface area contributed by atoms with Crippen LogP contribution in [-0.2, 0) is 19.4 Å². The summed E-state index contributed by atoms with van der Waals surface area (Å²) in [5, 5.41) is 0. The zero-order valence-corrected chi connectivity index (χ0v) is 17.3. The number of benzene rings is 1. The average Bonchev–Trinajstić information content (AvgIpc) is 3.10. The Hall–Kier alpha value is -1.71. The molecule has 0 bridgehead atoms. The lowest BCUT2D eigenvalue weighted by atomic mass is 10.2. The van der Waals surface area contributed by atoms with Crippen LogP contribution in [0.5, 0.6) is 0 Å². The smallest absolute Gasteiger partial charge is 0.266 e. The van der Waals surface area contributed by atoms with Crippen molar-refractivity contribution in [1.29, 1.82) is 0 Å². The molecule has 1 atom stereocenters. The predicted octanol–water partition coefficient (Wildman–Crippen LogP) is 1.92. The van der Waals surface area contributed by atoms with E-state index in [0.717, 1.165) is 5.56 Å². The lowest BCUT2D eigenvalue weighted by Gasteiger charge is -2.28. The molecule has 6 nitrogen and oxygen atoms in total. The molecule has 2 saturated heterocycles. The Balaban J connectivity index is 1.71. The molecule has 1 aromatic carbocycles. The standard InChI is InChI=1S/C18H20N2O4S3/c1-2-19(14-8-9-27(23,24)12-14)16(21)11-20-17(22)15(26-18(20)25)10-13-6-4-3-5-7-13/h3-7,10,14H,2,8-9,11-12H2,1H3/b15-10+/t14-/m0/s1. The fourth-order valence-corrected chi connectivity index (χ4v) is 6.21. The molecule has 0 aromatic heterocycles. The molecule has 2 fully saturated rings. The van der Waals surface area contributed by atoms with E-state index in [4.69, 9.17) is 12.2 Å². The third-order valence-electron chi connectivity index (χ3n) is 4.57. The molecule has 0 N–H and O–H groups in total. The summed E-state index contributed by atoms with van der Waals surface area (Å²) < 4.78 is 23.8. The van der Waals surface area contributed by atoms with Crippen molar-refractivity contribution < 1.29 is 18.0 Å². The lowest BCUT2D eigenvalue weighted by Crippen LogP contribution is -2.47. The van der Waals surface area contributed by atoms with Gasteiger partial charge in [-0.15, -0.1) is 0 Å². The predicted molar refractivity (Wildman–Crippen MR) is 111 cm³/mol. The van der Waals surface area contributed by atoms with E-state index in [9.17, 15) is 18.0 Å². The largest absolute Gasteiger partial charge is 0.337 e. The van der Waals surface area contributed by atoms with Gasteiger partial charge in [-0.05, 0) is 25.0 Å².